The molecule has 0 unspecified atom stereocenters. The maximum Gasteiger partial charge on any atom is 0.408 e. The van der Waals surface area contributed by atoms with Crippen molar-refractivity contribution in [3.8, 4) is 0 Å². The lowest BCUT2D eigenvalue weighted by Gasteiger charge is -2.21. The molecule has 10 heteroatoms. The van der Waals surface area contributed by atoms with Gasteiger partial charge in [0.25, 0.3) is 0 Å². The lowest BCUT2D eigenvalue weighted by molar-refractivity contribution is -0.123. The van der Waals surface area contributed by atoms with E-state index in [4.69, 9.17) is 9.47 Å². The molecule has 0 heterocycles. The van der Waals surface area contributed by atoms with Crippen molar-refractivity contribution in [2.45, 2.75) is 91.5 Å². The molecule has 0 saturated heterocycles. The number of carbonyl (C=O) groups excluding carboxylic acids is 4. The third kappa shape index (κ3) is 16.0. The molecule has 184 valence electrons. The number of rotatable bonds is 10. The molecule has 32 heavy (non-hydrogen) atoms. The quantitative estimate of drug-likeness (QED) is 0.294. The van der Waals surface area contributed by atoms with Crippen molar-refractivity contribution in [2.75, 3.05) is 13.1 Å². The zero-order valence-electron chi connectivity index (χ0n) is 20.6. The number of hydrogen-bond acceptors (Lipinski definition) is 6. The SMILES string of the molecule is C[C@H](NC(=O)OC(C)(C)C)C(=O)NCC/C=C\CCNC(=O)[C@H](C)NC(=O)OC(C)(C)C. The molecule has 0 rings (SSSR count). The minimum absolute atomic E-state index is 0.303. The second kappa shape index (κ2) is 13.6. The Morgan fingerprint density at radius 2 is 1.00 bits per heavy atom. The third-order valence-electron chi connectivity index (χ3n) is 3.64. The van der Waals surface area contributed by atoms with Crippen LogP contribution in [0.5, 0.6) is 0 Å². The van der Waals surface area contributed by atoms with Crippen LogP contribution in [0.1, 0.15) is 68.2 Å². The van der Waals surface area contributed by atoms with Crippen molar-refractivity contribution in [1.29, 1.82) is 0 Å². The second-order valence-corrected chi connectivity index (χ2v) is 9.37. The number of alkyl carbamates (subject to hydrolysis) is 2. The van der Waals surface area contributed by atoms with E-state index in [1.807, 2.05) is 12.2 Å². The van der Waals surface area contributed by atoms with Gasteiger partial charge in [-0.3, -0.25) is 9.59 Å². The van der Waals surface area contributed by atoms with E-state index < -0.39 is 35.5 Å². The fourth-order valence-corrected chi connectivity index (χ4v) is 2.20. The van der Waals surface area contributed by atoms with Crippen molar-refractivity contribution in [3.63, 3.8) is 0 Å². The summed E-state index contributed by atoms with van der Waals surface area (Å²) in [5.41, 5.74) is -1.26. The molecule has 4 amide bonds. The lowest BCUT2D eigenvalue weighted by atomic mass is 10.2. The van der Waals surface area contributed by atoms with Crippen LogP contribution in [0.4, 0.5) is 9.59 Å². The lowest BCUT2D eigenvalue weighted by Crippen LogP contribution is -2.46. The standard InChI is InChI=1S/C22H40N4O6/c1-15(25-19(29)31-21(3,4)5)17(27)23-13-11-9-10-12-14-24-18(28)16(2)26-20(30)32-22(6,7)8/h9-10,15-16H,11-14H2,1-8H3,(H,23,27)(H,24,28)(H,25,29)(H,26,30)/b10-9-/t15-,16-/m0/s1. The van der Waals surface area contributed by atoms with Crippen LogP contribution in [0.25, 0.3) is 0 Å². The van der Waals surface area contributed by atoms with Gasteiger partial charge in [-0.2, -0.15) is 0 Å². The van der Waals surface area contributed by atoms with Gasteiger partial charge in [-0.15, -0.1) is 0 Å². The molecule has 0 aliphatic heterocycles. The predicted molar refractivity (Wildman–Crippen MR) is 122 cm³/mol. The molecule has 2 atom stereocenters. The number of ether oxygens (including phenoxy) is 2. The van der Waals surface area contributed by atoms with Crippen molar-refractivity contribution in [1.82, 2.24) is 21.3 Å². The molecule has 0 spiro atoms. The number of nitrogens with one attached hydrogen (secondary N) is 4. The summed E-state index contributed by atoms with van der Waals surface area (Å²) in [7, 11) is 0. The van der Waals surface area contributed by atoms with E-state index in [1.165, 1.54) is 0 Å². The van der Waals surface area contributed by atoms with Crippen molar-refractivity contribution in [3.05, 3.63) is 12.2 Å². The van der Waals surface area contributed by atoms with Gasteiger partial charge in [0.1, 0.15) is 23.3 Å². The summed E-state index contributed by atoms with van der Waals surface area (Å²) in [5, 5.41) is 10.4. The average Bonchev–Trinajstić information content (AvgIpc) is 2.59. The number of carbonyl (C=O) groups is 4. The highest BCUT2D eigenvalue weighted by molar-refractivity contribution is 5.85. The molecule has 0 fully saturated rings. The molecule has 4 N–H and O–H groups in total. The first-order valence-corrected chi connectivity index (χ1v) is 10.8. The molecule has 0 bridgehead atoms. The summed E-state index contributed by atoms with van der Waals surface area (Å²) in [6, 6.07) is -1.42. The first-order valence-electron chi connectivity index (χ1n) is 10.8. The van der Waals surface area contributed by atoms with Crippen molar-refractivity contribution in [2.24, 2.45) is 0 Å². The van der Waals surface area contributed by atoms with E-state index in [1.54, 1.807) is 55.4 Å². The highest BCUT2D eigenvalue weighted by Gasteiger charge is 2.21. The normalized spacial score (nSPS) is 13.6. The molecular formula is C22H40N4O6. The van der Waals surface area contributed by atoms with Crippen LogP contribution < -0.4 is 21.3 Å². The Kier molecular flexibility index (Phi) is 12.4. The molecule has 0 aliphatic rings. The van der Waals surface area contributed by atoms with E-state index in [-0.39, 0.29) is 11.8 Å². The molecule has 0 saturated carbocycles. The van der Waals surface area contributed by atoms with Gasteiger partial charge >= 0.3 is 12.2 Å². The predicted octanol–water partition coefficient (Wildman–Crippen LogP) is 2.38. The third-order valence-corrected chi connectivity index (χ3v) is 3.64. The van der Waals surface area contributed by atoms with E-state index in [2.05, 4.69) is 21.3 Å². The highest BCUT2D eigenvalue weighted by atomic mass is 16.6. The Hall–Kier alpha value is -2.78. The first kappa shape index (κ1) is 29.2. The average molecular weight is 457 g/mol. The van der Waals surface area contributed by atoms with Crippen LogP contribution in [0.2, 0.25) is 0 Å². The maximum atomic E-state index is 12.0. The fraction of sp³-hybridized carbons (Fsp3) is 0.727. The van der Waals surface area contributed by atoms with Crippen molar-refractivity contribution < 1.29 is 28.7 Å². The summed E-state index contributed by atoms with van der Waals surface area (Å²) in [6.45, 7) is 14.5. The topological polar surface area (TPSA) is 135 Å². The minimum Gasteiger partial charge on any atom is -0.444 e. The summed E-state index contributed by atoms with van der Waals surface area (Å²) >= 11 is 0. The van der Waals surface area contributed by atoms with Crippen LogP contribution in [0.3, 0.4) is 0 Å². The molecule has 10 nitrogen and oxygen atoms in total. The molecule has 0 radical (unpaired) electrons. The first-order chi connectivity index (χ1) is 14.6. The number of amides is 4. The van der Waals surface area contributed by atoms with Gasteiger partial charge in [-0.25, -0.2) is 9.59 Å². The Morgan fingerprint density at radius 3 is 1.28 bits per heavy atom. The largest absolute Gasteiger partial charge is 0.444 e. The van der Waals surface area contributed by atoms with Gasteiger partial charge < -0.3 is 30.7 Å². The Bertz CT molecular complexity index is 608. The smallest absolute Gasteiger partial charge is 0.408 e. The summed E-state index contributed by atoms with van der Waals surface area (Å²) in [5.74, 6) is -0.606. The van der Waals surface area contributed by atoms with Crippen LogP contribution in [0.15, 0.2) is 12.2 Å². The monoisotopic (exact) mass is 456 g/mol. The van der Waals surface area contributed by atoms with Gasteiger partial charge in [-0.1, -0.05) is 12.2 Å². The fourth-order valence-electron chi connectivity index (χ4n) is 2.20. The summed E-state index contributed by atoms with van der Waals surface area (Å²) < 4.78 is 10.2. The van der Waals surface area contributed by atoms with Gasteiger partial charge in [0.05, 0.1) is 0 Å². The molecule has 0 aromatic carbocycles. The molecule has 0 aliphatic carbocycles. The van der Waals surface area contributed by atoms with Gasteiger partial charge in [0, 0.05) is 13.1 Å². The highest BCUT2D eigenvalue weighted by Crippen LogP contribution is 2.07. The zero-order chi connectivity index (χ0) is 24.9. The van der Waals surface area contributed by atoms with Crippen LogP contribution >= 0.6 is 0 Å². The summed E-state index contributed by atoms with van der Waals surface area (Å²) in [6.07, 6.45) is 3.71. The van der Waals surface area contributed by atoms with Crippen LogP contribution in [0, 0.1) is 0 Å². The van der Waals surface area contributed by atoms with E-state index in [0.29, 0.717) is 25.9 Å². The second-order valence-electron chi connectivity index (χ2n) is 9.37. The minimum atomic E-state index is -0.708. The van der Waals surface area contributed by atoms with Gasteiger partial charge in [0.15, 0.2) is 0 Å². The Balaban J connectivity index is 3.98. The van der Waals surface area contributed by atoms with E-state index in [9.17, 15) is 19.2 Å². The summed E-state index contributed by atoms with van der Waals surface area (Å²) in [4.78, 5) is 47.3. The molecular weight excluding hydrogens is 416 g/mol. The van der Waals surface area contributed by atoms with E-state index in [0.717, 1.165) is 0 Å². The maximum absolute atomic E-state index is 12.0. The Morgan fingerprint density at radius 1 is 0.688 bits per heavy atom. The van der Waals surface area contributed by atoms with E-state index >= 15 is 0 Å². The van der Waals surface area contributed by atoms with Gasteiger partial charge in [-0.05, 0) is 68.2 Å². The van der Waals surface area contributed by atoms with Crippen LogP contribution in [-0.2, 0) is 19.1 Å². The molecule has 0 aromatic rings. The van der Waals surface area contributed by atoms with Crippen molar-refractivity contribution >= 4 is 24.0 Å². The zero-order valence-corrected chi connectivity index (χ0v) is 20.6. The van der Waals surface area contributed by atoms with Gasteiger partial charge in [0.2, 0.25) is 11.8 Å². The number of hydrogen-bond donors (Lipinski definition) is 4. The Labute approximate surface area is 191 Å². The van der Waals surface area contributed by atoms with Crippen LogP contribution in [-0.4, -0.2) is 60.4 Å². The molecule has 0 aromatic heterocycles.